The number of allylic oxidation sites excluding steroid dienone is 2. The maximum absolute atomic E-state index is 5.95. The summed E-state index contributed by atoms with van der Waals surface area (Å²) in [6.07, 6.45) is 4.42. The van der Waals surface area contributed by atoms with Crippen molar-refractivity contribution in [2.45, 2.75) is 18.2 Å². The quantitative estimate of drug-likeness (QED) is 0.586. The molecule has 0 bridgehead atoms. The zero-order valence-electron chi connectivity index (χ0n) is 6.09. The molecular formula is C9H9ClS. The number of alkyl halides is 1. The van der Waals surface area contributed by atoms with Crippen LogP contribution < -0.4 is 0 Å². The van der Waals surface area contributed by atoms with Crippen molar-refractivity contribution < 1.29 is 0 Å². The van der Waals surface area contributed by atoms with Gasteiger partial charge in [-0.25, -0.2) is 0 Å². The number of rotatable bonds is 1. The fourth-order valence-corrected chi connectivity index (χ4v) is 2.31. The van der Waals surface area contributed by atoms with Gasteiger partial charge in [-0.1, -0.05) is 6.08 Å². The molecule has 1 unspecified atom stereocenters. The van der Waals surface area contributed by atoms with Gasteiger partial charge in [-0.2, -0.15) is 11.3 Å². The summed E-state index contributed by atoms with van der Waals surface area (Å²) in [6, 6.07) is 2.16. The minimum atomic E-state index is 0.268. The minimum absolute atomic E-state index is 0.268. The van der Waals surface area contributed by atoms with Crippen LogP contribution >= 0.6 is 22.9 Å². The van der Waals surface area contributed by atoms with Crippen LogP contribution in [0.3, 0.4) is 0 Å². The Morgan fingerprint density at radius 1 is 1.55 bits per heavy atom. The van der Waals surface area contributed by atoms with Crippen LogP contribution in [-0.2, 0) is 0 Å². The lowest BCUT2D eigenvalue weighted by molar-refractivity contribution is 0.942. The van der Waals surface area contributed by atoms with E-state index in [9.17, 15) is 0 Å². The van der Waals surface area contributed by atoms with E-state index in [1.165, 1.54) is 11.1 Å². The van der Waals surface area contributed by atoms with E-state index in [4.69, 9.17) is 11.6 Å². The van der Waals surface area contributed by atoms with E-state index in [0.717, 1.165) is 12.8 Å². The molecule has 0 saturated heterocycles. The highest BCUT2D eigenvalue weighted by atomic mass is 35.5. The summed E-state index contributed by atoms with van der Waals surface area (Å²) in [7, 11) is 0. The van der Waals surface area contributed by atoms with E-state index in [-0.39, 0.29) is 5.38 Å². The van der Waals surface area contributed by atoms with Gasteiger partial charge >= 0.3 is 0 Å². The normalized spacial score (nSPS) is 23.7. The third-order valence-corrected chi connectivity index (χ3v) is 2.99. The van der Waals surface area contributed by atoms with Gasteiger partial charge in [0.15, 0.2) is 0 Å². The molecule has 1 aliphatic rings. The van der Waals surface area contributed by atoms with Crippen LogP contribution in [0, 0.1) is 0 Å². The van der Waals surface area contributed by atoms with E-state index < -0.39 is 0 Å². The summed E-state index contributed by atoms with van der Waals surface area (Å²) in [6.45, 7) is 0. The molecule has 0 fully saturated rings. The molecule has 0 aliphatic heterocycles. The molecule has 2 heteroatoms. The second kappa shape index (κ2) is 3.00. The molecule has 58 valence electrons. The third kappa shape index (κ3) is 1.49. The second-order valence-electron chi connectivity index (χ2n) is 2.76. The van der Waals surface area contributed by atoms with Crippen LogP contribution in [0.25, 0.3) is 5.57 Å². The van der Waals surface area contributed by atoms with Crippen LogP contribution in [0.15, 0.2) is 22.9 Å². The number of thiophene rings is 1. The van der Waals surface area contributed by atoms with E-state index >= 15 is 0 Å². The molecule has 0 nitrogen and oxygen atoms in total. The van der Waals surface area contributed by atoms with Crippen LogP contribution in [-0.4, -0.2) is 5.38 Å². The van der Waals surface area contributed by atoms with Crippen molar-refractivity contribution in [3.63, 3.8) is 0 Å². The Labute approximate surface area is 75.5 Å². The molecule has 0 saturated carbocycles. The van der Waals surface area contributed by atoms with Gasteiger partial charge < -0.3 is 0 Å². The van der Waals surface area contributed by atoms with Crippen molar-refractivity contribution in [3.8, 4) is 0 Å². The van der Waals surface area contributed by atoms with Gasteiger partial charge in [0.2, 0.25) is 0 Å². The zero-order valence-corrected chi connectivity index (χ0v) is 7.66. The standard InChI is InChI=1S/C9H9ClS/c10-9-2-1-7(5-9)8-3-4-11-6-8/h3-6,9H,1-2H2. The Morgan fingerprint density at radius 2 is 2.45 bits per heavy atom. The molecule has 1 aliphatic carbocycles. The maximum atomic E-state index is 5.95. The van der Waals surface area contributed by atoms with Gasteiger partial charge in [-0.3, -0.25) is 0 Å². The van der Waals surface area contributed by atoms with Crippen LogP contribution in [0.2, 0.25) is 0 Å². The van der Waals surface area contributed by atoms with Crippen molar-refractivity contribution in [1.29, 1.82) is 0 Å². The minimum Gasteiger partial charge on any atom is -0.152 e. The first-order chi connectivity index (χ1) is 5.36. The molecule has 0 radical (unpaired) electrons. The van der Waals surface area contributed by atoms with Gasteiger partial charge in [0.05, 0.1) is 5.38 Å². The fraction of sp³-hybridized carbons (Fsp3) is 0.333. The predicted molar refractivity (Wildman–Crippen MR) is 51.2 cm³/mol. The molecule has 0 spiro atoms. The zero-order chi connectivity index (χ0) is 7.68. The van der Waals surface area contributed by atoms with E-state index in [1.807, 2.05) is 0 Å². The van der Waals surface area contributed by atoms with Gasteiger partial charge in [0.1, 0.15) is 0 Å². The molecule has 1 heterocycles. The van der Waals surface area contributed by atoms with Gasteiger partial charge in [0, 0.05) is 0 Å². The molecule has 0 N–H and O–H groups in total. The van der Waals surface area contributed by atoms with Crippen molar-refractivity contribution in [2.24, 2.45) is 0 Å². The van der Waals surface area contributed by atoms with Gasteiger partial charge in [-0.15, -0.1) is 11.6 Å². The molecule has 0 aromatic carbocycles. The Morgan fingerprint density at radius 3 is 3.00 bits per heavy atom. The van der Waals surface area contributed by atoms with Crippen molar-refractivity contribution >= 4 is 28.5 Å². The molecule has 2 rings (SSSR count). The van der Waals surface area contributed by atoms with Crippen LogP contribution in [0.1, 0.15) is 18.4 Å². The van der Waals surface area contributed by atoms with Crippen molar-refractivity contribution in [1.82, 2.24) is 0 Å². The average Bonchev–Trinajstić information content (AvgIpc) is 2.55. The SMILES string of the molecule is ClC1C=C(c2ccsc2)CC1. The molecule has 1 aromatic heterocycles. The Bertz CT molecular complexity index is 261. The average molecular weight is 185 g/mol. The summed E-state index contributed by atoms with van der Waals surface area (Å²) in [5, 5.41) is 4.56. The second-order valence-corrected chi connectivity index (χ2v) is 4.10. The van der Waals surface area contributed by atoms with E-state index in [2.05, 4.69) is 22.9 Å². The smallest absolute Gasteiger partial charge is 0.0525 e. The largest absolute Gasteiger partial charge is 0.152 e. The summed E-state index contributed by atoms with van der Waals surface area (Å²) in [4.78, 5) is 0. The van der Waals surface area contributed by atoms with Gasteiger partial charge in [0.25, 0.3) is 0 Å². The van der Waals surface area contributed by atoms with Crippen molar-refractivity contribution in [3.05, 3.63) is 28.5 Å². The first kappa shape index (κ1) is 7.38. The van der Waals surface area contributed by atoms with E-state index in [0.29, 0.717) is 0 Å². The fourth-order valence-electron chi connectivity index (χ4n) is 1.37. The summed E-state index contributed by atoms with van der Waals surface area (Å²) >= 11 is 7.69. The lowest BCUT2D eigenvalue weighted by Gasteiger charge is -1.93. The highest BCUT2D eigenvalue weighted by Crippen LogP contribution is 2.31. The van der Waals surface area contributed by atoms with Gasteiger partial charge in [-0.05, 0) is 40.8 Å². The number of halogens is 1. The number of hydrogen-bond donors (Lipinski definition) is 0. The third-order valence-electron chi connectivity index (χ3n) is 1.96. The lowest BCUT2D eigenvalue weighted by atomic mass is 10.1. The summed E-state index contributed by atoms with van der Waals surface area (Å²) in [5.74, 6) is 0. The van der Waals surface area contributed by atoms with E-state index in [1.54, 1.807) is 11.3 Å². The predicted octanol–water partition coefficient (Wildman–Crippen LogP) is 3.53. The first-order valence-electron chi connectivity index (χ1n) is 3.73. The summed E-state index contributed by atoms with van der Waals surface area (Å²) < 4.78 is 0. The Balaban J connectivity index is 2.25. The Hall–Kier alpha value is -0.270. The first-order valence-corrected chi connectivity index (χ1v) is 5.11. The molecule has 1 aromatic rings. The highest BCUT2D eigenvalue weighted by molar-refractivity contribution is 7.08. The monoisotopic (exact) mass is 184 g/mol. The molecule has 11 heavy (non-hydrogen) atoms. The van der Waals surface area contributed by atoms with Crippen LogP contribution in [0.5, 0.6) is 0 Å². The molecular weight excluding hydrogens is 176 g/mol. The highest BCUT2D eigenvalue weighted by Gasteiger charge is 2.13. The Kier molecular flexibility index (Phi) is 2.01. The topological polar surface area (TPSA) is 0 Å². The number of hydrogen-bond acceptors (Lipinski definition) is 1. The summed E-state index contributed by atoms with van der Waals surface area (Å²) in [5.41, 5.74) is 2.78. The van der Waals surface area contributed by atoms with Crippen LogP contribution in [0.4, 0.5) is 0 Å². The lowest BCUT2D eigenvalue weighted by Crippen LogP contribution is -1.81. The maximum Gasteiger partial charge on any atom is 0.0525 e. The molecule has 0 amide bonds. The van der Waals surface area contributed by atoms with Crippen molar-refractivity contribution in [2.75, 3.05) is 0 Å². The molecule has 1 atom stereocenters.